The number of hydrogen-bond donors (Lipinski definition) is 4. The van der Waals surface area contributed by atoms with E-state index >= 15 is 0 Å². The van der Waals surface area contributed by atoms with Crippen LogP contribution in [0, 0.1) is 0 Å². The van der Waals surface area contributed by atoms with Gasteiger partial charge in [-0.25, -0.2) is 0 Å². The monoisotopic (exact) mass is 302 g/mol. The van der Waals surface area contributed by atoms with Crippen LogP contribution in [0.4, 0.5) is 0 Å². The van der Waals surface area contributed by atoms with E-state index in [2.05, 4.69) is 0 Å². The highest BCUT2D eigenvalue weighted by Crippen LogP contribution is 2.01. The third kappa shape index (κ3) is 7.90. The van der Waals surface area contributed by atoms with Gasteiger partial charge in [-0.1, -0.05) is 60.7 Å². The first kappa shape index (κ1) is 18.3. The first-order valence-corrected chi connectivity index (χ1v) is 7.46. The lowest BCUT2D eigenvalue weighted by molar-refractivity contribution is 0.265. The number of nitrogens with two attached hydrogens (primary N) is 2. The Bertz CT molecular complexity index is 443. The van der Waals surface area contributed by atoms with Crippen LogP contribution in [0.3, 0.4) is 0 Å². The van der Waals surface area contributed by atoms with Crippen LogP contribution in [0.1, 0.15) is 11.1 Å². The van der Waals surface area contributed by atoms with Gasteiger partial charge in [0.25, 0.3) is 0 Å². The van der Waals surface area contributed by atoms with Crippen LogP contribution >= 0.6 is 0 Å². The van der Waals surface area contributed by atoms with E-state index in [1.807, 2.05) is 60.7 Å². The van der Waals surface area contributed by atoms with E-state index in [-0.39, 0.29) is 25.3 Å². The van der Waals surface area contributed by atoms with E-state index in [1.54, 1.807) is 0 Å². The molecule has 0 unspecified atom stereocenters. The zero-order valence-electron chi connectivity index (χ0n) is 12.8. The molecule has 2 atom stereocenters. The summed E-state index contributed by atoms with van der Waals surface area (Å²) < 4.78 is 0. The van der Waals surface area contributed by atoms with Gasteiger partial charge in [0.05, 0.1) is 13.2 Å². The van der Waals surface area contributed by atoms with Crippen LogP contribution in [0.2, 0.25) is 0 Å². The highest BCUT2D eigenvalue weighted by atomic mass is 16.3. The van der Waals surface area contributed by atoms with Crippen LogP contribution in [0.15, 0.2) is 60.7 Å². The molecule has 0 saturated heterocycles. The lowest BCUT2D eigenvalue weighted by Gasteiger charge is -2.06. The second-order valence-corrected chi connectivity index (χ2v) is 5.26. The highest BCUT2D eigenvalue weighted by molar-refractivity contribution is 5.16. The summed E-state index contributed by atoms with van der Waals surface area (Å²) in [6.07, 6.45) is 1.49. The predicted octanol–water partition coefficient (Wildman–Crippen LogP) is 1.10. The molecule has 0 heterocycles. The van der Waals surface area contributed by atoms with Gasteiger partial charge in [0.1, 0.15) is 0 Å². The molecule has 4 heteroatoms. The Morgan fingerprint density at radius 1 is 0.636 bits per heavy atom. The van der Waals surface area contributed by atoms with Gasteiger partial charge in [-0.3, -0.25) is 0 Å². The van der Waals surface area contributed by atoms with E-state index in [0.717, 1.165) is 12.8 Å². The SMILES string of the molecule is N[C@H](CO)Cc1ccccc1.N[C@H](CO)Cc1ccccc1. The molecular weight excluding hydrogens is 276 g/mol. The minimum atomic E-state index is -0.127. The third-order valence-electron chi connectivity index (χ3n) is 3.15. The van der Waals surface area contributed by atoms with Crippen molar-refractivity contribution in [2.75, 3.05) is 13.2 Å². The van der Waals surface area contributed by atoms with Crippen molar-refractivity contribution in [3.8, 4) is 0 Å². The summed E-state index contributed by atoms with van der Waals surface area (Å²) in [7, 11) is 0. The maximum absolute atomic E-state index is 8.67. The Labute approximate surface area is 132 Å². The number of aliphatic hydroxyl groups excluding tert-OH is 2. The minimum Gasteiger partial charge on any atom is -0.395 e. The number of hydrogen-bond acceptors (Lipinski definition) is 4. The molecule has 2 rings (SSSR count). The largest absolute Gasteiger partial charge is 0.395 e. The van der Waals surface area contributed by atoms with Gasteiger partial charge >= 0.3 is 0 Å². The van der Waals surface area contributed by atoms with Crippen LogP contribution in [-0.2, 0) is 12.8 Å². The molecule has 0 saturated carbocycles. The smallest absolute Gasteiger partial charge is 0.0585 e. The van der Waals surface area contributed by atoms with Crippen molar-refractivity contribution in [3.63, 3.8) is 0 Å². The molecule has 0 spiro atoms. The van der Waals surface area contributed by atoms with E-state index in [1.165, 1.54) is 11.1 Å². The van der Waals surface area contributed by atoms with Crippen molar-refractivity contribution >= 4 is 0 Å². The van der Waals surface area contributed by atoms with Crippen LogP contribution in [0.5, 0.6) is 0 Å². The Hall–Kier alpha value is -1.72. The van der Waals surface area contributed by atoms with Gasteiger partial charge in [-0.05, 0) is 24.0 Å². The normalized spacial score (nSPS) is 12.9. The molecule has 0 aliphatic heterocycles. The average molecular weight is 302 g/mol. The Balaban J connectivity index is 0.000000220. The quantitative estimate of drug-likeness (QED) is 0.643. The van der Waals surface area contributed by atoms with E-state index in [4.69, 9.17) is 21.7 Å². The lowest BCUT2D eigenvalue weighted by Crippen LogP contribution is -2.26. The molecular formula is C18H26N2O2. The summed E-state index contributed by atoms with van der Waals surface area (Å²) >= 11 is 0. The van der Waals surface area contributed by atoms with Gasteiger partial charge in [0, 0.05) is 12.1 Å². The van der Waals surface area contributed by atoms with Gasteiger partial charge in [-0.2, -0.15) is 0 Å². The molecule has 0 radical (unpaired) electrons. The lowest BCUT2D eigenvalue weighted by atomic mass is 10.1. The van der Waals surface area contributed by atoms with E-state index in [0.29, 0.717) is 0 Å². The zero-order valence-corrected chi connectivity index (χ0v) is 12.8. The van der Waals surface area contributed by atoms with Crippen molar-refractivity contribution in [3.05, 3.63) is 71.8 Å². The molecule has 0 fully saturated rings. The first-order valence-electron chi connectivity index (χ1n) is 7.46. The molecule has 0 aliphatic rings. The van der Waals surface area contributed by atoms with E-state index < -0.39 is 0 Å². The maximum Gasteiger partial charge on any atom is 0.0585 e. The topological polar surface area (TPSA) is 92.5 Å². The average Bonchev–Trinajstić information content (AvgIpc) is 2.57. The molecule has 0 aliphatic carbocycles. The predicted molar refractivity (Wildman–Crippen MR) is 90.4 cm³/mol. The molecule has 0 aromatic heterocycles. The fourth-order valence-electron chi connectivity index (χ4n) is 1.96. The molecule has 120 valence electrons. The minimum absolute atomic E-state index is 0.0505. The number of rotatable bonds is 6. The fourth-order valence-corrected chi connectivity index (χ4v) is 1.96. The molecule has 4 nitrogen and oxygen atoms in total. The summed E-state index contributed by atoms with van der Waals surface area (Å²) in [4.78, 5) is 0. The van der Waals surface area contributed by atoms with Crippen molar-refractivity contribution in [1.82, 2.24) is 0 Å². The summed E-state index contributed by atoms with van der Waals surface area (Å²) in [6.45, 7) is 0.101. The summed E-state index contributed by atoms with van der Waals surface area (Å²) in [5.74, 6) is 0. The van der Waals surface area contributed by atoms with Gasteiger partial charge in [0.15, 0.2) is 0 Å². The maximum atomic E-state index is 8.67. The number of benzene rings is 2. The van der Waals surface area contributed by atoms with Gasteiger partial charge in [-0.15, -0.1) is 0 Å². The highest BCUT2D eigenvalue weighted by Gasteiger charge is 2.00. The van der Waals surface area contributed by atoms with Crippen LogP contribution in [0.25, 0.3) is 0 Å². The number of aliphatic hydroxyl groups is 2. The Morgan fingerprint density at radius 2 is 0.955 bits per heavy atom. The molecule has 0 bridgehead atoms. The summed E-state index contributed by atoms with van der Waals surface area (Å²) in [5, 5.41) is 17.3. The second kappa shape index (κ2) is 10.9. The second-order valence-electron chi connectivity index (χ2n) is 5.26. The molecule has 2 aromatic rings. The van der Waals surface area contributed by atoms with Gasteiger partial charge < -0.3 is 21.7 Å². The van der Waals surface area contributed by atoms with Crippen molar-refractivity contribution < 1.29 is 10.2 Å². The zero-order chi connectivity index (χ0) is 16.2. The molecule has 22 heavy (non-hydrogen) atoms. The van der Waals surface area contributed by atoms with Crippen molar-refractivity contribution in [2.24, 2.45) is 11.5 Å². The molecule has 6 N–H and O–H groups in total. The molecule has 2 aromatic carbocycles. The van der Waals surface area contributed by atoms with Crippen molar-refractivity contribution in [1.29, 1.82) is 0 Å². The Morgan fingerprint density at radius 3 is 1.23 bits per heavy atom. The Kier molecular flexibility index (Phi) is 9.11. The van der Waals surface area contributed by atoms with Gasteiger partial charge in [0.2, 0.25) is 0 Å². The third-order valence-corrected chi connectivity index (χ3v) is 3.15. The van der Waals surface area contributed by atoms with Crippen LogP contribution < -0.4 is 11.5 Å². The van der Waals surface area contributed by atoms with Crippen molar-refractivity contribution in [2.45, 2.75) is 24.9 Å². The summed E-state index contributed by atoms with van der Waals surface area (Å²) in [6, 6.07) is 19.6. The van der Waals surface area contributed by atoms with E-state index in [9.17, 15) is 0 Å². The summed E-state index contributed by atoms with van der Waals surface area (Å²) in [5.41, 5.74) is 13.5. The standard InChI is InChI=1S/2C9H13NO/c2*10-9(7-11)6-8-4-2-1-3-5-8/h2*1-5,9,11H,6-7,10H2/t2*9-/m00/s1. The van der Waals surface area contributed by atoms with Crippen LogP contribution in [-0.4, -0.2) is 35.5 Å². The fraction of sp³-hybridized carbons (Fsp3) is 0.333. The molecule has 0 amide bonds. The first-order chi connectivity index (χ1) is 10.7.